The van der Waals surface area contributed by atoms with E-state index in [-0.39, 0.29) is 0 Å². The highest BCUT2D eigenvalue weighted by atomic mass is 32.1. The number of hydrogen-bond acceptors (Lipinski definition) is 4. The Morgan fingerprint density at radius 3 is 1.94 bits per heavy atom. The summed E-state index contributed by atoms with van der Waals surface area (Å²) in [4.78, 5) is 2.39. The number of hydrogen-bond donors (Lipinski definition) is 0. The van der Waals surface area contributed by atoms with E-state index in [0.29, 0.717) is 0 Å². The first-order valence-electron chi connectivity index (χ1n) is 17.5. The van der Waals surface area contributed by atoms with E-state index in [0.717, 1.165) is 83.2 Å². The average Bonchev–Trinajstić information content (AvgIpc) is 3.90. The Morgan fingerprint density at radius 1 is 0.385 bits per heavy atom. The summed E-state index contributed by atoms with van der Waals surface area (Å²) < 4.78 is 15.7. The van der Waals surface area contributed by atoms with Gasteiger partial charge in [-0.2, -0.15) is 0 Å². The smallest absolute Gasteiger partial charge is 0.159 e. The Labute approximate surface area is 303 Å². The van der Waals surface area contributed by atoms with Crippen LogP contribution in [-0.4, -0.2) is 0 Å². The van der Waals surface area contributed by atoms with Gasteiger partial charge in [0.15, 0.2) is 5.58 Å². The summed E-state index contributed by atoms with van der Waals surface area (Å²) in [6.45, 7) is 0. The van der Waals surface area contributed by atoms with Crippen LogP contribution in [-0.2, 0) is 0 Å². The lowest BCUT2D eigenvalue weighted by molar-refractivity contribution is 0.669. The second-order valence-corrected chi connectivity index (χ2v) is 14.3. The van der Waals surface area contributed by atoms with E-state index in [9.17, 15) is 0 Å². The Bertz CT molecular complexity index is 3150. The molecule has 0 N–H and O–H groups in total. The summed E-state index contributed by atoms with van der Waals surface area (Å²) in [6, 6.07) is 62.4. The number of nitrogens with zero attached hydrogens (tertiary/aromatic N) is 1. The maximum atomic E-state index is 7.01. The molecule has 0 fully saturated rings. The summed E-state index contributed by atoms with van der Waals surface area (Å²) in [5.41, 5.74) is 11.2. The lowest BCUT2D eigenvalue weighted by atomic mass is 10.0. The largest absolute Gasteiger partial charge is 0.456 e. The molecule has 4 heteroatoms. The summed E-state index contributed by atoms with van der Waals surface area (Å²) in [5, 5.41) is 6.96. The topological polar surface area (TPSA) is 29.5 Å². The number of fused-ring (bicyclic) bond motifs is 9. The van der Waals surface area contributed by atoms with Gasteiger partial charge in [-0.1, -0.05) is 127 Å². The fraction of sp³-hybridized carbons (Fsp3) is 0. The van der Waals surface area contributed by atoms with Gasteiger partial charge >= 0.3 is 0 Å². The highest BCUT2D eigenvalue weighted by molar-refractivity contribution is 7.26. The Morgan fingerprint density at radius 2 is 1.04 bits per heavy atom. The minimum Gasteiger partial charge on any atom is -0.456 e. The van der Waals surface area contributed by atoms with Crippen LogP contribution < -0.4 is 4.90 Å². The Kier molecular flexibility index (Phi) is 6.42. The molecule has 0 aliphatic rings. The van der Waals surface area contributed by atoms with E-state index in [1.165, 1.54) is 20.2 Å². The molecule has 0 unspecified atom stereocenters. The zero-order valence-corrected chi connectivity index (χ0v) is 28.7. The molecule has 0 atom stereocenters. The maximum absolute atomic E-state index is 7.01. The molecule has 0 saturated carbocycles. The van der Waals surface area contributed by atoms with Gasteiger partial charge in [0, 0.05) is 48.3 Å². The third-order valence-electron chi connectivity index (χ3n) is 10.3. The van der Waals surface area contributed by atoms with Gasteiger partial charge in [0.05, 0.1) is 16.1 Å². The third-order valence-corrected chi connectivity index (χ3v) is 11.5. The lowest BCUT2D eigenvalue weighted by Crippen LogP contribution is -2.10. The summed E-state index contributed by atoms with van der Waals surface area (Å²) >= 11 is 1.84. The second-order valence-electron chi connectivity index (χ2n) is 13.3. The Hall–Kier alpha value is -6.62. The molecule has 0 amide bonds. The molecule has 3 aromatic heterocycles. The molecule has 8 aromatic carbocycles. The van der Waals surface area contributed by atoms with Crippen LogP contribution in [0.5, 0.6) is 0 Å². The van der Waals surface area contributed by atoms with Crippen LogP contribution in [0.2, 0.25) is 0 Å². The quantitative estimate of drug-likeness (QED) is 0.181. The summed E-state index contributed by atoms with van der Waals surface area (Å²) in [7, 11) is 0. The van der Waals surface area contributed by atoms with Gasteiger partial charge < -0.3 is 13.7 Å². The van der Waals surface area contributed by atoms with Crippen molar-refractivity contribution >= 4 is 92.4 Å². The highest BCUT2D eigenvalue weighted by Gasteiger charge is 2.23. The average molecular weight is 684 g/mol. The normalized spacial score (nSPS) is 11.8. The summed E-state index contributed by atoms with van der Waals surface area (Å²) in [6.07, 6.45) is 0. The van der Waals surface area contributed by atoms with Crippen molar-refractivity contribution in [2.75, 3.05) is 4.90 Å². The fourth-order valence-corrected chi connectivity index (χ4v) is 9.08. The number of anilines is 3. The summed E-state index contributed by atoms with van der Waals surface area (Å²) in [5.74, 6) is 0. The van der Waals surface area contributed by atoms with Crippen molar-refractivity contribution in [3.63, 3.8) is 0 Å². The maximum Gasteiger partial charge on any atom is 0.159 e. The monoisotopic (exact) mass is 683 g/mol. The van der Waals surface area contributed by atoms with Gasteiger partial charge in [0.2, 0.25) is 0 Å². The molecule has 11 aromatic rings. The van der Waals surface area contributed by atoms with Crippen molar-refractivity contribution in [2.45, 2.75) is 0 Å². The zero-order chi connectivity index (χ0) is 34.2. The number of furan rings is 2. The lowest BCUT2D eigenvalue weighted by Gasteiger charge is -2.26. The van der Waals surface area contributed by atoms with Crippen molar-refractivity contribution in [1.29, 1.82) is 0 Å². The Balaban J connectivity index is 1.17. The number of para-hydroxylation sites is 3. The minimum atomic E-state index is 0.857. The predicted octanol–water partition coefficient (Wildman–Crippen LogP) is 14.7. The molecule has 0 saturated heterocycles. The van der Waals surface area contributed by atoms with Crippen LogP contribution in [0, 0.1) is 0 Å². The molecule has 0 aliphatic carbocycles. The highest BCUT2D eigenvalue weighted by Crippen LogP contribution is 2.48. The van der Waals surface area contributed by atoms with Gasteiger partial charge in [0.25, 0.3) is 0 Å². The number of benzene rings is 8. The van der Waals surface area contributed by atoms with Gasteiger partial charge in [0.1, 0.15) is 16.7 Å². The molecular formula is C48H29NO2S. The fourth-order valence-electron chi connectivity index (χ4n) is 7.87. The van der Waals surface area contributed by atoms with E-state index in [4.69, 9.17) is 8.83 Å². The van der Waals surface area contributed by atoms with Crippen LogP contribution in [0.15, 0.2) is 185 Å². The van der Waals surface area contributed by atoms with Crippen LogP contribution in [0.1, 0.15) is 0 Å². The van der Waals surface area contributed by atoms with Crippen LogP contribution in [0.3, 0.4) is 0 Å². The van der Waals surface area contributed by atoms with Gasteiger partial charge in [-0.25, -0.2) is 0 Å². The molecular weight excluding hydrogens is 655 g/mol. The van der Waals surface area contributed by atoms with Crippen molar-refractivity contribution < 1.29 is 8.83 Å². The molecule has 0 spiro atoms. The van der Waals surface area contributed by atoms with E-state index in [1.807, 2.05) is 23.5 Å². The predicted molar refractivity (Wildman–Crippen MR) is 219 cm³/mol. The van der Waals surface area contributed by atoms with Crippen molar-refractivity contribution in [2.24, 2.45) is 0 Å². The third kappa shape index (κ3) is 4.45. The van der Waals surface area contributed by atoms with E-state index >= 15 is 0 Å². The first-order valence-corrected chi connectivity index (χ1v) is 18.3. The van der Waals surface area contributed by atoms with E-state index in [2.05, 4.69) is 169 Å². The SMILES string of the molecule is c1ccc(-c2cccc3c2oc2c(N(c4cccc(-c5ccc6oc7ccccc7c6c5)c4)c4cccc5c4sc4ccccc45)cccc23)cc1. The molecule has 52 heavy (non-hydrogen) atoms. The first kappa shape index (κ1) is 29.1. The van der Waals surface area contributed by atoms with Gasteiger partial charge in [-0.05, 0) is 65.2 Å². The van der Waals surface area contributed by atoms with Crippen LogP contribution in [0.25, 0.3) is 86.3 Å². The van der Waals surface area contributed by atoms with E-state index < -0.39 is 0 Å². The van der Waals surface area contributed by atoms with Crippen LogP contribution >= 0.6 is 11.3 Å². The molecule has 0 aliphatic heterocycles. The van der Waals surface area contributed by atoms with Crippen molar-refractivity contribution in [3.05, 3.63) is 176 Å². The molecule has 3 heterocycles. The van der Waals surface area contributed by atoms with Crippen molar-refractivity contribution in [1.82, 2.24) is 0 Å². The second kappa shape index (κ2) is 11.5. The van der Waals surface area contributed by atoms with Crippen LogP contribution in [0.4, 0.5) is 17.1 Å². The zero-order valence-electron chi connectivity index (χ0n) is 27.9. The molecule has 0 bridgehead atoms. The van der Waals surface area contributed by atoms with E-state index in [1.54, 1.807) is 0 Å². The molecule has 244 valence electrons. The molecule has 0 radical (unpaired) electrons. The molecule has 3 nitrogen and oxygen atoms in total. The standard InChI is InChI=1S/C48H29NO2S/c1-2-12-30(13-3-1)34-18-9-19-37-38-20-10-22-41(47(38)51-46(34)37)49(42-23-11-21-39-36-17-5-7-25-45(36)52-48(39)42)33-15-8-14-31(28-33)32-26-27-44-40(29-32)35-16-4-6-24-43(35)50-44/h1-29H. The number of rotatable bonds is 5. The number of thiophene rings is 1. The van der Waals surface area contributed by atoms with Crippen molar-refractivity contribution in [3.8, 4) is 22.3 Å². The van der Waals surface area contributed by atoms with Gasteiger partial charge in [-0.15, -0.1) is 11.3 Å². The molecule has 11 rings (SSSR count). The first-order chi connectivity index (χ1) is 25.8. The van der Waals surface area contributed by atoms with Gasteiger partial charge in [-0.3, -0.25) is 0 Å². The minimum absolute atomic E-state index is 0.857.